The molecular weight excluding hydrogens is 376 g/mol. The molecule has 0 saturated carbocycles. The van der Waals surface area contributed by atoms with Gasteiger partial charge in [0.05, 0.1) is 0 Å². The highest BCUT2D eigenvalue weighted by Gasteiger charge is 2.26. The predicted molar refractivity (Wildman–Crippen MR) is 100 cm³/mol. The van der Waals surface area contributed by atoms with E-state index in [9.17, 15) is 24.6 Å². The summed E-state index contributed by atoms with van der Waals surface area (Å²) in [6.07, 6.45) is 0.351. The lowest BCUT2D eigenvalue weighted by molar-refractivity contribution is -0.143. The minimum Gasteiger partial charge on any atom is -0.484 e. The lowest BCUT2D eigenvalue weighted by atomic mass is 10.0. The number of halogens is 1. The highest BCUT2D eigenvalue weighted by Crippen LogP contribution is 2.15. The van der Waals surface area contributed by atoms with Gasteiger partial charge in [0, 0.05) is 11.6 Å². The van der Waals surface area contributed by atoms with E-state index >= 15 is 0 Å². The molecule has 0 spiro atoms. The molecule has 27 heavy (non-hydrogen) atoms. The van der Waals surface area contributed by atoms with Crippen LogP contribution in [0.1, 0.15) is 26.7 Å². The van der Waals surface area contributed by atoms with Crippen molar-refractivity contribution in [3.8, 4) is 5.75 Å². The number of aliphatic carboxylic acids is 2. The van der Waals surface area contributed by atoms with Crippen LogP contribution in [0, 0.1) is 5.92 Å². The number of hydrogen-bond acceptors (Lipinski definition) is 5. The van der Waals surface area contributed by atoms with Gasteiger partial charge in [0.25, 0.3) is 5.91 Å². The average Bonchev–Trinajstić information content (AvgIpc) is 2.58. The highest BCUT2D eigenvalue weighted by atomic mass is 35.5. The Morgan fingerprint density at radius 1 is 1.07 bits per heavy atom. The van der Waals surface area contributed by atoms with Crippen molar-refractivity contribution in [2.45, 2.75) is 38.8 Å². The second-order valence-electron chi connectivity index (χ2n) is 6.46. The maximum absolute atomic E-state index is 11.8. The van der Waals surface area contributed by atoms with Crippen LogP contribution in [-0.2, 0) is 14.4 Å². The fourth-order valence-corrected chi connectivity index (χ4v) is 2.45. The molecule has 0 bridgehead atoms. The van der Waals surface area contributed by atoms with E-state index in [1.165, 1.54) is 0 Å². The number of benzene rings is 1. The second-order valence-corrected chi connectivity index (χ2v) is 6.90. The third kappa shape index (κ3) is 9.25. The lowest BCUT2D eigenvalue weighted by Crippen LogP contribution is -2.49. The summed E-state index contributed by atoms with van der Waals surface area (Å²) in [5.41, 5.74) is 0. The zero-order chi connectivity index (χ0) is 20.4. The Morgan fingerprint density at radius 2 is 1.67 bits per heavy atom. The smallest absolute Gasteiger partial charge is 0.320 e. The first-order valence-corrected chi connectivity index (χ1v) is 8.93. The number of hydrogen-bond donors (Lipinski definition) is 4. The normalized spacial score (nSPS) is 13.0. The van der Waals surface area contributed by atoms with Crippen molar-refractivity contribution < 1.29 is 29.3 Å². The van der Waals surface area contributed by atoms with Gasteiger partial charge in [0.2, 0.25) is 0 Å². The average molecular weight is 401 g/mol. The third-order valence-corrected chi connectivity index (χ3v) is 3.90. The van der Waals surface area contributed by atoms with E-state index in [0.717, 1.165) is 0 Å². The van der Waals surface area contributed by atoms with E-state index in [-0.39, 0.29) is 25.5 Å². The molecular formula is C18H25ClN2O6. The van der Waals surface area contributed by atoms with Gasteiger partial charge in [0.15, 0.2) is 6.61 Å². The number of carboxylic acids is 2. The molecule has 0 aliphatic carbocycles. The lowest BCUT2D eigenvalue weighted by Gasteiger charge is -2.21. The predicted octanol–water partition coefficient (Wildman–Crippen LogP) is 1.77. The molecule has 8 nitrogen and oxygen atoms in total. The van der Waals surface area contributed by atoms with Gasteiger partial charge >= 0.3 is 11.9 Å². The summed E-state index contributed by atoms with van der Waals surface area (Å²) >= 11 is 5.76. The third-order valence-electron chi connectivity index (χ3n) is 3.64. The minimum atomic E-state index is -1.17. The summed E-state index contributed by atoms with van der Waals surface area (Å²) in [5.74, 6) is -2.10. The molecule has 2 unspecified atom stereocenters. The maximum atomic E-state index is 11.8. The van der Waals surface area contributed by atoms with Gasteiger partial charge in [-0.05, 0) is 43.0 Å². The van der Waals surface area contributed by atoms with Crippen LogP contribution in [0.15, 0.2) is 24.3 Å². The largest absolute Gasteiger partial charge is 0.484 e. The van der Waals surface area contributed by atoms with E-state index in [1.807, 2.05) is 13.8 Å². The molecule has 2 atom stereocenters. The Labute approximate surface area is 162 Å². The number of ether oxygens (including phenoxy) is 1. The Balaban J connectivity index is 2.42. The van der Waals surface area contributed by atoms with Crippen molar-refractivity contribution in [3.63, 3.8) is 0 Å². The van der Waals surface area contributed by atoms with Gasteiger partial charge in [-0.2, -0.15) is 0 Å². The van der Waals surface area contributed by atoms with Crippen LogP contribution in [0.25, 0.3) is 0 Å². The molecule has 1 amide bonds. The zero-order valence-electron chi connectivity index (χ0n) is 15.3. The number of carbonyl (C=O) groups excluding carboxylic acids is 1. The quantitative estimate of drug-likeness (QED) is 0.421. The standard InChI is InChI=1S/C18H25ClN2O6/c1-11(2)9-15(18(25)26)21-14(17(23)24)7-8-20-16(22)10-27-13-5-3-12(19)4-6-13/h3-6,11,14-15,21H,7-10H2,1-2H3,(H,20,22)(H,23,24)(H,25,26). The second kappa shape index (κ2) is 11.4. The number of carbonyl (C=O) groups is 3. The molecule has 1 aromatic rings. The molecule has 0 heterocycles. The molecule has 1 rings (SSSR count). The molecule has 150 valence electrons. The summed E-state index contributed by atoms with van der Waals surface area (Å²) in [7, 11) is 0. The van der Waals surface area contributed by atoms with Crippen LogP contribution in [0.3, 0.4) is 0 Å². The van der Waals surface area contributed by atoms with E-state index in [1.54, 1.807) is 24.3 Å². The van der Waals surface area contributed by atoms with Crippen molar-refractivity contribution in [2.24, 2.45) is 5.92 Å². The minimum absolute atomic E-state index is 0.0455. The Bertz CT molecular complexity index is 635. The van der Waals surface area contributed by atoms with E-state index in [2.05, 4.69) is 10.6 Å². The molecule has 4 N–H and O–H groups in total. The van der Waals surface area contributed by atoms with Gasteiger partial charge in [-0.3, -0.25) is 19.7 Å². The maximum Gasteiger partial charge on any atom is 0.320 e. The Morgan fingerprint density at radius 3 is 2.19 bits per heavy atom. The Hall–Kier alpha value is -2.32. The van der Waals surface area contributed by atoms with Gasteiger partial charge in [-0.1, -0.05) is 25.4 Å². The fraction of sp³-hybridized carbons (Fsp3) is 0.500. The van der Waals surface area contributed by atoms with Gasteiger partial charge in [0.1, 0.15) is 17.8 Å². The SMILES string of the molecule is CC(C)CC(NC(CCNC(=O)COc1ccc(Cl)cc1)C(=O)O)C(=O)O. The summed E-state index contributed by atoms with van der Waals surface area (Å²) in [6.45, 7) is 3.56. The van der Waals surface area contributed by atoms with Crippen LogP contribution >= 0.6 is 11.6 Å². The summed E-state index contributed by atoms with van der Waals surface area (Å²) in [6, 6.07) is 4.47. The summed E-state index contributed by atoms with van der Waals surface area (Å²) < 4.78 is 5.29. The zero-order valence-corrected chi connectivity index (χ0v) is 16.0. The molecule has 9 heteroatoms. The topological polar surface area (TPSA) is 125 Å². The van der Waals surface area contributed by atoms with E-state index in [4.69, 9.17) is 16.3 Å². The van der Waals surface area contributed by atoms with E-state index in [0.29, 0.717) is 17.2 Å². The first kappa shape index (κ1) is 22.7. The molecule has 0 aliphatic heterocycles. The molecule has 0 aliphatic rings. The monoisotopic (exact) mass is 400 g/mol. The Kier molecular flexibility index (Phi) is 9.60. The van der Waals surface area contributed by atoms with Crippen LogP contribution in [-0.4, -0.2) is 53.3 Å². The van der Waals surface area contributed by atoms with Crippen molar-refractivity contribution in [2.75, 3.05) is 13.2 Å². The van der Waals surface area contributed by atoms with Crippen molar-refractivity contribution in [3.05, 3.63) is 29.3 Å². The molecule has 1 aromatic carbocycles. The number of rotatable bonds is 12. The molecule has 0 fully saturated rings. The van der Waals surface area contributed by atoms with Gasteiger partial charge in [-0.25, -0.2) is 0 Å². The summed E-state index contributed by atoms with van der Waals surface area (Å²) in [5, 5.41) is 24.2. The van der Waals surface area contributed by atoms with Crippen molar-refractivity contribution in [1.29, 1.82) is 0 Å². The highest BCUT2D eigenvalue weighted by molar-refractivity contribution is 6.30. The van der Waals surface area contributed by atoms with Gasteiger partial charge in [-0.15, -0.1) is 0 Å². The first-order chi connectivity index (χ1) is 12.7. The summed E-state index contributed by atoms with van der Waals surface area (Å²) in [4.78, 5) is 34.4. The van der Waals surface area contributed by atoms with Crippen molar-refractivity contribution >= 4 is 29.4 Å². The molecule has 0 saturated heterocycles. The van der Waals surface area contributed by atoms with Crippen LogP contribution < -0.4 is 15.4 Å². The van der Waals surface area contributed by atoms with Crippen molar-refractivity contribution in [1.82, 2.24) is 10.6 Å². The first-order valence-electron chi connectivity index (χ1n) is 8.55. The van der Waals surface area contributed by atoms with Crippen LogP contribution in [0.5, 0.6) is 5.75 Å². The van der Waals surface area contributed by atoms with Crippen LogP contribution in [0.4, 0.5) is 0 Å². The van der Waals surface area contributed by atoms with E-state index < -0.39 is 29.9 Å². The number of nitrogens with one attached hydrogen (secondary N) is 2. The van der Waals surface area contributed by atoms with Crippen LogP contribution in [0.2, 0.25) is 5.02 Å². The molecule has 0 aromatic heterocycles. The fourth-order valence-electron chi connectivity index (χ4n) is 2.32. The van der Waals surface area contributed by atoms with Gasteiger partial charge < -0.3 is 20.3 Å². The molecule has 0 radical (unpaired) electrons. The number of amides is 1. The number of carboxylic acid groups (broad SMARTS) is 2.